The minimum Gasteiger partial charge on any atom is -0.378 e. The number of anilines is 1. The summed E-state index contributed by atoms with van der Waals surface area (Å²) in [7, 11) is 0. The van der Waals surface area contributed by atoms with Gasteiger partial charge in [0.15, 0.2) is 11.5 Å². The molecule has 1 aliphatic carbocycles. The number of rotatable bonds is 2. The maximum absolute atomic E-state index is 12.1. The van der Waals surface area contributed by atoms with E-state index < -0.39 is 0 Å². The Labute approximate surface area is 109 Å². The summed E-state index contributed by atoms with van der Waals surface area (Å²) in [6.07, 6.45) is 3.66. The van der Waals surface area contributed by atoms with Gasteiger partial charge in [-0.25, -0.2) is 14.8 Å². The molecule has 100 valence electrons. The second-order valence-electron chi connectivity index (χ2n) is 5.03. The van der Waals surface area contributed by atoms with Crippen molar-refractivity contribution in [2.75, 3.05) is 31.2 Å². The largest absolute Gasteiger partial charge is 0.378 e. The molecule has 0 amide bonds. The highest BCUT2D eigenvalue weighted by molar-refractivity contribution is 5.83. The molecule has 2 aromatic rings. The zero-order valence-electron chi connectivity index (χ0n) is 10.5. The van der Waals surface area contributed by atoms with Crippen LogP contribution in [0.15, 0.2) is 11.1 Å². The van der Waals surface area contributed by atoms with Crippen LogP contribution in [0.5, 0.6) is 0 Å². The minimum atomic E-state index is -0.0764. The first-order valence-corrected chi connectivity index (χ1v) is 6.62. The van der Waals surface area contributed by atoms with Gasteiger partial charge in [-0.05, 0) is 12.8 Å². The van der Waals surface area contributed by atoms with Gasteiger partial charge in [-0.15, -0.1) is 0 Å². The molecule has 1 saturated carbocycles. The number of aromatic amines is 1. The maximum atomic E-state index is 12.1. The van der Waals surface area contributed by atoms with Gasteiger partial charge in [0.25, 0.3) is 0 Å². The first kappa shape index (κ1) is 11.0. The predicted molar refractivity (Wildman–Crippen MR) is 69.5 cm³/mol. The fraction of sp³-hybridized carbons (Fsp3) is 0.583. The molecule has 7 heteroatoms. The Morgan fingerprint density at radius 3 is 2.79 bits per heavy atom. The lowest BCUT2D eigenvalue weighted by molar-refractivity contribution is 0.122. The van der Waals surface area contributed by atoms with Gasteiger partial charge in [-0.3, -0.25) is 4.57 Å². The molecule has 2 fully saturated rings. The van der Waals surface area contributed by atoms with Gasteiger partial charge in [0.05, 0.1) is 13.2 Å². The van der Waals surface area contributed by atoms with Crippen LogP contribution in [0.1, 0.15) is 18.9 Å². The van der Waals surface area contributed by atoms with Crippen molar-refractivity contribution < 1.29 is 4.74 Å². The Hall–Kier alpha value is -1.89. The van der Waals surface area contributed by atoms with E-state index >= 15 is 0 Å². The van der Waals surface area contributed by atoms with Crippen LogP contribution in [-0.4, -0.2) is 45.8 Å². The zero-order valence-corrected chi connectivity index (χ0v) is 10.5. The highest BCUT2D eigenvalue weighted by Gasteiger charge is 2.29. The normalized spacial score (nSPS) is 20.1. The van der Waals surface area contributed by atoms with Gasteiger partial charge in [0.1, 0.15) is 11.8 Å². The summed E-state index contributed by atoms with van der Waals surface area (Å²) in [4.78, 5) is 25.7. The second-order valence-corrected chi connectivity index (χ2v) is 5.03. The summed E-state index contributed by atoms with van der Waals surface area (Å²) < 4.78 is 7.11. The first-order valence-electron chi connectivity index (χ1n) is 6.62. The fourth-order valence-corrected chi connectivity index (χ4v) is 2.61. The monoisotopic (exact) mass is 261 g/mol. The van der Waals surface area contributed by atoms with Crippen molar-refractivity contribution in [3.05, 3.63) is 16.8 Å². The van der Waals surface area contributed by atoms with Crippen molar-refractivity contribution in [2.45, 2.75) is 18.9 Å². The number of ether oxygens (including phenoxy) is 1. The molecule has 0 unspecified atom stereocenters. The van der Waals surface area contributed by atoms with Gasteiger partial charge in [0.2, 0.25) is 0 Å². The van der Waals surface area contributed by atoms with Crippen LogP contribution in [-0.2, 0) is 4.74 Å². The highest BCUT2D eigenvalue weighted by Crippen LogP contribution is 2.36. The number of morpholine rings is 1. The maximum Gasteiger partial charge on any atom is 0.328 e. The van der Waals surface area contributed by atoms with Crippen LogP contribution in [0, 0.1) is 0 Å². The SMILES string of the molecule is O=c1[nH]c2c(N3CCOCC3)ncnc2n1C1CC1. The average Bonchev–Trinajstić information content (AvgIpc) is 3.21. The van der Waals surface area contributed by atoms with E-state index in [0.29, 0.717) is 19.3 Å². The molecule has 0 bridgehead atoms. The average molecular weight is 261 g/mol. The number of hydrogen-bond donors (Lipinski definition) is 1. The van der Waals surface area contributed by atoms with Crippen molar-refractivity contribution in [2.24, 2.45) is 0 Å². The second kappa shape index (κ2) is 4.06. The number of hydrogen-bond acceptors (Lipinski definition) is 5. The number of H-pyrrole nitrogens is 1. The summed E-state index contributed by atoms with van der Waals surface area (Å²) in [5.74, 6) is 0.810. The Morgan fingerprint density at radius 1 is 1.26 bits per heavy atom. The van der Waals surface area contributed by atoms with E-state index in [1.807, 2.05) is 0 Å². The third kappa shape index (κ3) is 1.73. The molecule has 7 nitrogen and oxygen atoms in total. The van der Waals surface area contributed by atoms with Crippen LogP contribution >= 0.6 is 0 Å². The molecule has 2 aromatic heterocycles. The van der Waals surface area contributed by atoms with E-state index in [4.69, 9.17) is 4.74 Å². The van der Waals surface area contributed by atoms with Crippen LogP contribution < -0.4 is 10.6 Å². The van der Waals surface area contributed by atoms with Crippen LogP contribution in [0.25, 0.3) is 11.2 Å². The Balaban J connectivity index is 1.87. The lowest BCUT2D eigenvalue weighted by Crippen LogP contribution is -2.37. The molecule has 19 heavy (non-hydrogen) atoms. The predicted octanol–water partition coefficient (Wildman–Crippen LogP) is 0.291. The van der Waals surface area contributed by atoms with Crippen LogP contribution in [0.4, 0.5) is 5.82 Å². The summed E-state index contributed by atoms with van der Waals surface area (Å²) >= 11 is 0. The number of fused-ring (bicyclic) bond motifs is 1. The molecule has 0 aromatic carbocycles. The van der Waals surface area contributed by atoms with E-state index in [0.717, 1.165) is 42.9 Å². The van der Waals surface area contributed by atoms with E-state index in [1.165, 1.54) is 0 Å². The smallest absolute Gasteiger partial charge is 0.328 e. The van der Waals surface area contributed by atoms with Crippen molar-refractivity contribution in [3.8, 4) is 0 Å². The van der Waals surface area contributed by atoms with Crippen LogP contribution in [0.3, 0.4) is 0 Å². The fourth-order valence-electron chi connectivity index (χ4n) is 2.61. The van der Waals surface area contributed by atoms with Gasteiger partial charge < -0.3 is 14.6 Å². The molecular weight excluding hydrogens is 246 g/mol. The third-order valence-electron chi connectivity index (χ3n) is 3.71. The van der Waals surface area contributed by atoms with Crippen LogP contribution in [0.2, 0.25) is 0 Å². The lowest BCUT2D eigenvalue weighted by Gasteiger charge is -2.27. The van der Waals surface area contributed by atoms with Crippen molar-refractivity contribution in [1.29, 1.82) is 0 Å². The highest BCUT2D eigenvalue weighted by atomic mass is 16.5. The molecule has 3 heterocycles. The zero-order chi connectivity index (χ0) is 12.8. The van der Waals surface area contributed by atoms with Gasteiger partial charge >= 0.3 is 5.69 Å². The quantitative estimate of drug-likeness (QED) is 0.841. The standard InChI is InChI=1S/C12H15N5O2/c18-12-15-9-10(16-3-5-19-6-4-16)13-7-14-11(9)17(12)8-1-2-8/h7-8H,1-6H2,(H,15,18). The number of aromatic nitrogens is 4. The van der Waals surface area contributed by atoms with E-state index in [-0.39, 0.29) is 5.69 Å². The first-order chi connectivity index (χ1) is 9.34. The van der Waals surface area contributed by atoms with E-state index in [9.17, 15) is 4.79 Å². The van der Waals surface area contributed by atoms with Gasteiger partial charge in [-0.1, -0.05) is 0 Å². The molecule has 1 saturated heterocycles. The number of nitrogens with zero attached hydrogens (tertiary/aromatic N) is 4. The Bertz CT molecular complexity index is 666. The summed E-state index contributed by atoms with van der Waals surface area (Å²) in [5, 5.41) is 0. The van der Waals surface area contributed by atoms with E-state index in [2.05, 4.69) is 19.9 Å². The number of imidazole rings is 1. The van der Waals surface area contributed by atoms with E-state index in [1.54, 1.807) is 10.9 Å². The third-order valence-corrected chi connectivity index (χ3v) is 3.71. The summed E-state index contributed by atoms with van der Waals surface area (Å²) in [6.45, 7) is 2.98. The van der Waals surface area contributed by atoms with Crippen molar-refractivity contribution in [3.63, 3.8) is 0 Å². The molecular formula is C12H15N5O2. The van der Waals surface area contributed by atoms with Gasteiger partial charge in [0, 0.05) is 19.1 Å². The topological polar surface area (TPSA) is 76.0 Å². The molecule has 0 radical (unpaired) electrons. The van der Waals surface area contributed by atoms with Crippen molar-refractivity contribution in [1.82, 2.24) is 19.5 Å². The minimum absolute atomic E-state index is 0.0764. The summed E-state index contributed by atoms with van der Waals surface area (Å²) in [6, 6.07) is 0.314. The van der Waals surface area contributed by atoms with Crippen molar-refractivity contribution >= 4 is 17.0 Å². The molecule has 2 aliphatic rings. The molecule has 1 N–H and O–H groups in total. The Kier molecular flexibility index (Phi) is 2.34. The molecule has 4 rings (SSSR count). The molecule has 1 aliphatic heterocycles. The number of nitrogens with one attached hydrogen (secondary N) is 1. The molecule has 0 atom stereocenters. The molecule has 0 spiro atoms. The van der Waals surface area contributed by atoms with Gasteiger partial charge in [-0.2, -0.15) is 0 Å². The lowest BCUT2D eigenvalue weighted by atomic mass is 10.3. The summed E-state index contributed by atoms with van der Waals surface area (Å²) in [5.41, 5.74) is 1.40. The Morgan fingerprint density at radius 2 is 2.05 bits per heavy atom.